The lowest BCUT2D eigenvalue weighted by molar-refractivity contribution is -0.176. The van der Waals surface area contributed by atoms with Crippen molar-refractivity contribution in [3.05, 3.63) is 12.7 Å². The second-order valence-electron chi connectivity index (χ2n) is 1.32. The number of hydrogen-bond acceptors (Lipinski definition) is 0. The number of alkyl halides is 5. The summed E-state index contributed by atoms with van der Waals surface area (Å²) in [5, 5.41) is 0. The first-order chi connectivity index (χ1) is 3.81. The van der Waals surface area contributed by atoms with E-state index in [1.54, 1.807) is 15.9 Å². The third kappa shape index (κ3) is 1.97. The van der Waals surface area contributed by atoms with Crippen LogP contribution in [0.15, 0.2) is 12.7 Å². The summed E-state index contributed by atoms with van der Waals surface area (Å²) >= 11 is 1.79. The molecule has 54 valence electrons. The molecular formula is C4H3BrF4. The second-order valence-corrected chi connectivity index (χ2v) is 2.48. The van der Waals surface area contributed by atoms with E-state index in [2.05, 4.69) is 6.58 Å². The summed E-state index contributed by atoms with van der Waals surface area (Å²) in [6, 6.07) is 0. The zero-order chi connectivity index (χ0) is 7.71. The van der Waals surface area contributed by atoms with Crippen molar-refractivity contribution in [3.63, 3.8) is 0 Å². The number of rotatable bonds is 1. The molecular weight excluding hydrogens is 204 g/mol. The molecule has 0 saturated heterocycles. The van der Waals surface area contributed by atoms with Crippen LogP contribution < -0.4 is 0 Å². The van der Waals surface area contributed by atoms with Gasteiger partial charge in [0.1, 0.15) is 0 Å². The zero-order valence-electron chi connectivity index (χ0n) is 4.17. The highest BCUT2D eigenvalue weighted by Gasteiger charge is 2.51. The third-order valence-corrected chi connectivity index (χ3v) is 1.41. The summed E-state index contributed by atoms with van der Waals surface area (Å²) in [6.07, 6.45) is -4.78. The van der Waals surface area contributed by atoms with Crippen molar-refractivity contribution in [2.45, 2.75) is 10.8 Å². The van der Waals surface area contributed by atoms with Crippen molar-refractivity contribution >= 4 is 15.9 Å². The van der Waals surface area contributed by atoms with Gasteiger partial charge in [0.15, 0.2) is 0 Å². The molecule has 0 spiro atoms. The number of hydrogen-bond donors (Lipinski definition) is 0. The van der Waals surface area contributed by atoms with Crippen LogP contribution in [0.5, 0.6) is 0 Å². The van der Waals surface area contributed by atoms with Gasteiger partial charge in [-0.1, -0.05) is 6.58 Å². The predicted molar refractivity (Wildman–Crippen MR) is 29.0 cm³/mol. The van der Waals surface area contributed by atoms with E-state index in [0.717, 1.165) is 0 Å². The smallest absolute Gasteiger partial charge is 0.216 e. The van der Waals surface area contributed by atoms with Gasteiger partial charge >= 0.3 is 6.18 Å². The Kier molecular flexibility index (Phi) is 2.27. The van der Waals surface area contributed by atoms with E-state index in [-0.39, 0.29) is 6.08 Å². The van der Waals surface area contributed by atoms with Crippen molar-refractivity contribution in [2.24, 2.45) is 0 Å². The molecule has 0 aliphatic carbocycles. The van der Waals surface area contributed by atoms with Crippen LogP contribution in [-0.4, -0.2) is 10.8 Å². The first-order valence-corrected chi connectivity index (χ1v) is 2.68. The Labute approximate surface area is 57.7 Å². The fourth-order valence-electron chi connectivity index (χ4n) is 0.116. The number of allylic oxidation sites excluding steroid dienone is 1. The summed E-state index contributed by atoms with van der Waals surface area (Å²) in [5.41, 5.74) is 0. The average Bonchev–Trinajstić information content (AvgIpc) is 1.64. The molecule has 0 aromatic rings. The minimum absolute atomic E-state index is 0.146. The molecule has 1 unspecified atom stereocenters. The highest BCUT2D eigenvalue weighted by Crippen LogP contribution is 2.39. The molecule has 0 bridgehead atoms. The Hall–Kier alpha value is -0.0600. The van der Waals surface area contributed by atoms with Crippen LogP contribution in [0.2, 0.25) is 0 Å². The van der Waals surface area contributed by atoms with E-state index < -0.39 is 10.8 Å². The first kappa shape index (κ1) is 8.94. The van der Waals surface area contributed by atoms with Crippen molar-refractivity contribution in [1.82, 2.24) is 0 Å². The molecule has 0 rings (SSSR count). The fraction of sp³-hybridized carbons (Fsp3) is 0.500. The third-order valence-electron chi connectivity index (χ3n) is 0.634. The maximum absolute atomic E-state index is 12.0. The quantitative estimate of drug-likeness (QED) is 0.352. The minimum atomic E-state index is -4.92. The SMILES string of the molecule is C=CC(F)(Br)C(F)(F)F. The van der Waals surface area contributed by atoms with Gasteiger partial charge in [0.2, 0.25) is 0 Å². The number of halogens is 5. The molecule has 0 nitrogen and oxygen atoms in total. The van der Waals surface area contributed by atoms with Crippen molar-refractivity contribution < 1.29 is 17.6 Å². The van der Waals surface area contributed by atoms with Crippen LogP contribution in [0.4, 0.5) is 17.6 Å². The molecule has 0 aliphatic heterocycles. The molecule has 0 amide bonds. The van der Waals surface area contributed by atoms with Crippen LogP contribution in [0.3, 0.4) is 0 Å². The molecule has 0 aromatic heterocycles. The summed E-state index contributed by atoms with van der Waals surface area (Å²) in [5.74, 6) is 0. The molecule has 0 fully saturated rings. The Morgan fingerprint density at radius 3 is 1.56 bits per heavy atom. The Balaban J connectivity index is 4.32. The van der Waals surface area contributed by atoms with Crippen molar-refractivity contribution in [1.29, 1.82) is 0 Å². The molecule has 9 heavy (non-hydrogen) atoms. The monoisotopic (exact) mass is 206 g/mol. The summed E-state index contributed by atoms with van der Waals surface area (Å²) in [6.45, 7) is 2.66. The maximum atomic E-state index is 12.0. The Morgan fingerprint density at radius 1 is 1.22 bits per heavy atom. The summed E-state index contributed by atoms with van der Waals surface area (Å²) in [4.78, 5) is 0. The average molecular weight is 207 g/mol. The summed E-state index contributed by atoms with van der Waals surface area (Å²) in [7, 11) is 0. The standard InChI is InChI=1S/C4H3BrF4/c1-2-3(5,6)4(7,8)9/h2H,1H2. The van der Waals surface area contributed by atoms with E-state index >= 15 is 0 Å². The Morgan fingerprint density at radius 2 is 1.56 bits per heavy atom. The highest BCUT2D eigenvalue weighted by molar-refractivity contribution is 9.10. The van der Waals surface area contributed by atoms with Gasteiger partial charge in [0.05, 0.1) is 0 Å². The molecule has 0 aromatic carbocycles. The molecule has 0 radical (unpaired) electrons. The van der Waals surface area contributed by atoms with Crippen LogP contribution in [-0.2, 0) is 0 Å². The molecule has 0 N–H and O–H groups in total. The van der Waals surface area contributed by atoms with E-state index in [0.29, 0.717) is 0 Å². The van der Waals surface area contributed by atoms with Gasteiger partial charge in [-0.05, 0) is 22.0 Å². The normalized spacial score (nSPS) is 18.8. The Bertz CT molecular complexity index is 114. The van der Waals surface area contributed by atoms with Gasteiger partial charge in [-0.2, -0.15) is 13.2 Å². The van der Waals surface area contributed by atoms with Crippen LogP contribution in [0, 0.1) is 0 Å². The molecule has 5 heteroatoms. The van der Waals surface area contributed by atoms with Crippen molar-refractivity contribution in [2.75, 3.05) is 0 Å². The lowest BCUT2D eigenvalue weighted by Gasteiger charge is -2.16. The fourth-order valence-corrected chi connectivity index (χ4v) is 0.116. The van der Waals surface area contributed by atoms with E-state index in [9.17, 15) is 17.6 Å². The zero-order valence-corrected chi connectivity index (χ0v) is 5.76. The van der Waals surface area contributed by atoms with Gasteiger partial charge in [-0.3, -0.25) is 0 Å². The van der Waals surface area contributed by atoms with Crippen molar-refractivity contribution in [3.8, 4) is 0 Å². The van der Waals surface area contributed by atoms with E-state index in [1.165, 1.54) is 0 Å². The van der Waals surface area contributed by atoms with Crippen LogP contribution in [0.1, 0.15) is 0 Å². The van der Waals surface area contributed by atoms with E-state index in [1.807, 2.05) is 0 Å². The lowest BCUT2D eigenvalue weighted by Crippen LogP contribution is -2.31. The van der Waals surface area contributed by atoms with E-state index in [4.69, 9.17) is 0 Å². The molecule has 0 saturated carbocycles. The molecule has 0 heterocycles. The first-order valence-electron chi connectivity index (χ1n) is 1.89. The van der Waals surface area contributed by atoms with Gasteiger partial charge in [-0.25, -0.2) is 4.39 Å². The van der Waals surface area contributed by atoms with Gasteiger partial charge in [-0.15, -0.1) is 0 Å². The van der Waals surface area contributed by atoms with Gasteiger partial charge < -0.3 is 0 Å². The lowest BCUT2D eigenvalue weighted by atomic mass is 10.4. The molecule has 1 atom stereocenters. The van der Waals surface area contributed by atoms with Gasteiger partial charge in [0, 0.05) is 0 Å². The largest absolute Gasteiger partial charge is 0.436 e. The van der Waals surface area contributed by atoms with Crippen LogP contribution >= 0.6 is 15.9 Å². The summed E-state index contributed by atoms with van der Waals surface area (Å²) < 4.78 is 42.6. The van der Waals surface area contributed by atoms with Gasteiger partial charge in [0.25, 0.3) is 4.58 Å². The predicted octanol–water partition coefficient (Wildman–Crippen LogP) is 2.80. The molecule has 0 aliphatic rings. The topological polar surface area (TPSA) is 0 Å². The second kappa shape index (κ2) is 2.28. The van der Waals surface area contributed by atoms with Crippen LogP contribution in [0.25, 0.3) is 0 Å². The maximum Gasteiger partial charge on any atom is 0.436 e. The highest BCUT2D eigenvalue weighted by atomic mass is 79.9. The minimum Gasteiger partial charge on any atom is -0.216 e.